The minimum absolute atomic E-state index is 0.197. The van der Waals surface area contributed by atoms with Crippen molar-refractivity contribution in [2.24, 2.45) is 0 Å². The molecule has 1 N–H and O–H groups in total. The van der Waals surface area contributed by atoms with Gasteiger partial charge in [0.05, 0.1) is 5.54 Å². The Bertz CT molecular complexity index is 302. The van der Waals surface area contributed by atoms with Crippen LogP contribution in [0.3, 0.4) is 0 Å². The molecule has 1 heterocycles. The zero-order chi connectivity index (χ0) is 11.4. The minimum atomic E-state index is 0.197. The highest BCUT2D eigenvalue weighted by Crippen LogP contribution is 2.40. The number of hydrogen-bond acceptors (Lipinski definition) is 3. The van der Waals surface area contributed by atoms with E-state index in [1.807, 2.05) is 6.20 Å². The van der Waals surface area contributed by atoms with Gasteiger partial charge in [0.15, 0.2) is 0 Å². The molecule has 1 saturated carbocycles. The lowest BCUT2D eigenvalue weighted by atomic mass is 9.96. The summed E-state index contributed by atoms with van der Waals surface area (Å²) in [5.41, 5.74) is 0.197. The molecule has 0 spiro atoms. The van der Waals surface area contributed by atoms with Gasteiger partial charge >= 0.3 is 0 Å². The third kappa shape index (κ3) is 2.46. The van der Waals surface area contributed by atoms with E-state index in [1.54, 1.807) is 11.3 Å². The van der Waals surface area contributed by atoms with Gasteiger partial charge in [-0.05, 0) is 26.2 Å². The van der Waals surface area contributed by atoms with Crippen molar-refractivity contribution in [1.29, 1.82) is 0 Å². The lowest BCUT2D eigenvalue weighted by molar-refractivity contribution is 0.293. The van der Waals surface area contributed by atoms with Crippen molar-refractivity contribution in [2.45, 2.75) is 64.0 Å². The molecular weight excluding hydrogens is 216 g/mol. The Morgan fingerprint density at radius 1 is 1.50 bits per heavy atom. The van der Waals surface area contributed by atoms with Crippen LogP contribution in [0.5, 0.6) is 0 Å². The predicted octanol–water partition coefficient (Wildman–Crippen LogP) is 3.69. The number of thiazole rings is 1. The molecule has 0 aromatic carbocycles. The highest BCUT2D eigenvalue weighted by molar-refractivity contribution is 7.09. The van der Waals surface area contributed by atoms with Crippen LogP contribution < -0.4 is 5.32 Å². The summed E-state index contributed by atoms with van der Waals surface area (Å²) >= 11 is 1.81. The molecule has 1 unspecified atom stereocenters. The molecule has 0 aliphatic heterocycles. The Kier molecular flexibility index (Phi) is 3.98. The maximum Gasteiger partial charge on any atom is 0.113 e. The molecule has 0 saturated heterocycles. The highest BCUT2D eigenvalue weighted by Gasteiger charge is 2.38. The molecule has 1 aromatic heterocycles. The summed E-state index contributed by atoms with van der Waals surface area (Å²) in [6.45, 7) is 4.56. The molecule has 1 atom stereocenters. The number of rotatable bonds is 5. The Morgan fingerprint density at radius 3 is 2.81 bits per heavy atom. The van der Waals surface area contributed by atoms with Crippen molar-refractivity contribution < 1.29 is 0 Å². The molecule has 90 valence electrons. The molecule has 3 heteroatoms. The van der Waals surface area contributed by atoms with Crippen LogP contribution in [0.25, 0.3) is 0 Å². The minimum Gasteiger partial charge on any atom is -0.303 e. The van der Waals surface area contributed by atoms with Crippen LogP contribution in [-0.2, 0) is 5.54 Å². The van der Waals surface area contributed by atoms with E-state index < -0.39 is 0 Å². The summed E-state index contributed by atoms with van der Waals surface area (Å²) in [6, 6.07) is 0.604. The van der Waals surface area contributed by atoms with E-state index in [0.29, 0.717) is 6.04 Å². The molecule has 1 fully saturated rings. The Hall–Kier alpha value is -0.410. The first kappa shape index (κ1) is 12.1. The van der Waals surface area contributed by atoms with Crippen LogP contribution in [-0.4, -0.2) is 11.0 Å². The van der Waals surface area contributed by atoms with Crippen molar-refractivity contribution >= 4 is 11.3 Å². The standard InChI is InChI=1S/C13H22N2S/c1-3-6-11(2)15-13(7-4-5-8-13)12-14-9-10-16-12/h9-11,15H,3-8H2,1-2H3. The molecule has 0 bridgehead atoms. The van der Waals surface area contributed by atoms with E-state index in [2.05, 4.69) is 29.5 Å². The van der Waals surface area contributed by atoms with E-state index in [0.717, 1.165) is 0 Å². The third-order valence-corrected chi connectivity index (χ3v) is 4.52. The van der Waals surface area contributed by atoms with Gasteiger partial charge in [0.25, 0.3) is 0 Å². The second-order valence-corrected chi connectivity index (χ2v) is 5.86. The smallest absolute Gasteiger partial charge is 0.113 e. The van der Waals surface area contributed by atoms with Crippen molar-refractivity contribution in [1.82, 2.24) is 10.3 Å². The van der Waals surface area contributed by atoms with Crippen LogP contribution in [0.15, 0.2) is 11.6 Å². The SMILES string of the molecule is CCCC(C)NC1(c2nccs2)CCCC1. The Labute approximate surface area is 102 Å². The van der Waals surface area contributed by atoms with Gasteiger partial charge in [-0.2, -0.15) is 0 Å². The van der Waals surface area contributed by atoms with E-state index in [1.165, 1.54) is 43.5 Å². The summed E-state index contributed by atoms with van der Waals surface area (Å²) < 4.78 is 0. The van der Waals surface area contributed by atoms with Crippen LogP contribution in [0.1, 0.15) is 57.4 Å². The van der Waals surface area contributed by atoms with Gasteiger partial charge in [-0.3, -0.25) is 0 Å². The molecule has 2 nitrogen and oxygen atoms in total. The summed E-state index contributed by atoms with van der Waals surface area (Å²) in [5.74, 6) is 0. The monoisotopic (exact) mass is 238 g/mol. The topological polar surface area (TPSA) is 24.9 Å². The number of nitrogens with zero attached hydrogens (tertiary/aromatic N) is 1. The predicted molar refractivity (Wildman–Crippen MR) is 69.8 cm³/mol. The fourth-order valence-electron chi connectivity index (χ4n) is 2.84. The number of hydrogen-bond donors (Lipinski definition) is 1. The first-order valence-electron chi connectivity index (χ1n) is 6.44. The second kappa shape index (κ2) is 5.28. The van der Waals surface area contributed by atoms with Crippen molar-refractivity contribution in [2.75, 3.05) is 0 Å². The van der Waals surface area contributed by atoms with E-state index in [-0.39, 0.29) is 5.54 Å². The summed E-state index contributed by atoms with van der Waals surface area (Å²) in [5, 5.41) is 7.24. The maximum absolute atomic E-state index is 4.54. The first-order chi connectivity index (χ1) is 7.77. The van der Waals surface area contributed by atoms with E-state index >= 15 is 0 Å². The lowest BCUT2D eigenvalue weighted by Crippen LogP contribution is -2.44. The van der Waals surface area contributed by atoms with Gasteiger partial charge in [0, 0.05) is 17.6 Å². The van der Waals surface area contributed by atoms with Gasteiger partial charge in [-0.25, -0.2) is 4.98 Å². The maximum atomic E-state index is 4.54. The largest absolute Gasteiger partial charge is 0.303 e. The summed E-state index contributed by atoms with van der Waals surface area (Å²) in [7, 11) is 0. The molecule has 1 aliphatic carbocycles. The van der Waals surface area contributed by atoms with Crippen LogP contribution >= 0.6 is 11.3 Å². The molecule has 1 aliphatic rings. The van der Waals surface area contributed by atoms with Crippen LogP contribution in [0.2, 0.25) is 0 Å². The highest BCUT2D eigenvalue weighted by atomic mass is 32.1. The summed E-state index contributed by atoms with van der Waals surface area (Å²) in [4.78, 5) is 4.54. The number of aromatic nitrogens is 1. The average molecular weight is 238 g/mol. The normalized spacial score (nSPS) is 21.1. The van der Waals surface area contributed by atoms with Crippen molar-refractivity contribution in [3.63, 3.8) is 0 Å². The second-order valence-electron chi connectivity index (χ2n) is 4.96. The third-order valence-electron chi connectivity index (χ3n) is 3.54. The number of nitrogens with one attached hydrogen (secondary N) is 1. The molecular formula is C13H22N2S. The van der Waals surface area contributed by atoms with Crippen molar-refractivity contribution in [3.05, 3.63) is 16.6 Å². The lowest BCUT2D eigenvalue weighted by Gasteiger charge is -2.32. The average Bonchev–Trinajstić information content (AvgIpc) is 2.86. The van der Waals surface area contributed by atoms with E-state index in [4.69, 9.17) is 0 Å². The van der Waals surface area contributed by atoms with Gasteiger partial charge in [-0.1, -0.05) is 26.2 Å². The first-order valence-corrected chi connectivity index (χ1v) is 7.32. The van der Waals surface area contributed by atoms with E-state index in [9.17, 15) is 0 Å². The molecule has 2 rings (SSSR count). The molecule has 1 aromatic rings. The Balaban J connectivity index is 2.10. The fourth-order valence-corrected chi connectivity index (χ4v) is 3.70. The zero-order valence-corrected chi connectivity index (χ0v) is 11.1. The van der Waals surface area contributed by atoms with Gasteiger partial charge < -0.3 is 5.32 Å². The molecule has 0 amide bonds. The van der Waals surface area contributed by atoms with Gasteiger partial charge in [-0.15, -0.1) is 11.3 Å². The quantitative estimate of drug-likeness (QED) is 0.846. The van der Waals surface area contributed by atoms with Crippen LogP contribution in [0.4, 0.5) is 0 Å². The van der Waals surface area contributed by atoms with Crippen molar-refractivity contribution in [3.8, 4) is 0 Å². The Morgan fingerprint density at radius 2 is 2.25 bits per heavy atom. The molecule has 16 heavy (non-hydrogen) atoms. The van der Waals surface area contributed by atoms with Gasteiger partial charge in [0.1, 0.15) is 5.01 Å². The summed E-state index contributed by atoms with van der Waals surface area (Å²) in [6.07, 6.45) is 9.64. The van der Waals surface area contributed by atoms with Crippen LogP contribution in [0, 0.1) is 0 Å². The fraction of sp³-hybridized carbons (Fsp3) is 0.769. The molecule has 0 radical (unpaired) electrons. The zero-order valence-electron chi connectivity index (χ0n) is 10.3. The van der Waals surface area contributed by atoms with Gasteiger partial charge in [0.2, 0.25) is 0 Å².